The lowest BCUT2D eigenvalue weighted by Gasteiger charge is -2.35. The number of carbonyl (C=O) groups is 1. The SMILES string of the molecule is CCc1c(F)ccc2cc(O)cc(N3CCc4c(nc(OC[C@@]56CCCN5C[C@H](F)C6)nc4N4CC(=O)Nc5cc(Br)ccc5C4)C3)c12. The van der Waals surface area contributed by atoms with Crippen molar-refractivity contribution in [3.05, 3.63) is 75.1 Å². The summed E-state index contributed by atoms with van der Waals surface area (Å²) in [7, 11) is 0. The van der Waals surface area contributed by atoms with Gasteiger partial charge in [-0.3, -0.25) is 9.69 Å². The number of ether oxygens (including phenoxy) is 1. The number of fused-ring (bicyclic) bond motifs is 4. The second-order valence-corrected chi connectivity index (χ2v) is 14.4. The normalized spacial score (nSPS) is 22.3. The van der Waals surface area contributed by atoms with Crippen molar-refractivity contribution >= 4 is 49.8 Å². The van der Waals surface area contributed by atoms with Crippen LogP contribution in [0.15, 0.2) is 46.9 Å². The molecule has 2 fully saturated rings. The molecule has 4 aromatic rings. The van der Waals surface area contributed by atoms with Crippen LogP contribution in [0.3, 0.4) is 0 Å². The quantitative estimate of drug-likeness (QED) is 0.241. The molecule has 4 aliphatic rings. The van der Waals surface area contributed by atoms with E-state index in [1.807, 2.05) is 30.0 Å². The van der Waals surface area contributed by atoms with Crippen LogP contribution in [0.5, 0.6) is 11.8 Å². The van der Waals surface area contributed by atoms with Crippen molar-refractivity contribution in [1.29, 1.82) is 0 Å². The number of amides is 1. The van der Waals surface area contributed by atoms with Crippen molar-refractivity contribution in [3.8, 4) is 11.8 Å². The Balaban J connectivity index is 1.20. The number of alkyl halides is 1. The summed E-state index contributed by atoms with van der Waals surface area (Å²) in [5.74, 6) is 0.314. The van der Waals surface area contributed by atoms with Crippen LogP contribution < -0.4 is 19.9 Å². The Morgan fingerprint density at radius 1 is 1.10 bits per heavy atom. The van der Waals surface area contributed by atoms with Gasteiger partial charge in [0, 0.05) is 58.9 Å². The van der Waals surface area contributed by atoms with Crippen molar-refractivity contribution in [2.24, 2.45) is 0 Å². The second-order valence-electron chi connectivity index (χ2n) is 13.4. The summed E-state index contributed by atoms with van der Waals surface area (Å²) in [5.41, 5.74) is 4.33. The molecule has 250 valence electrons. The number of nitrogens with zero attached hydrogens (tertiary/aromatic N) is 5. The minimum absolute atomic E-state index is 0.0937. The molecule has 4 aliphatic heterocycles. The third kappa shape index (κ3) is 5.52. The molecule has 8 rings (SSSR count). The van der Waals surface area contributed by atoms with Crippen molar-refractivity contribution < 1.29 is 23.4 Å². The molecule has 0 saturated carbocycles. The van der Waals surface area contributed by atoms with Gasteiger partial charge in [-0.25, -0.2) is 8.78 Å². The molecule has 0 radical (unpaired) electrons. The molecule has 5 heterocycles. The number of aryl methyl sites for hydroxylation is 1. The van der Waals surface area contributed by atoms with Crippen LogP contribution in [0.2, 0.25) is 0 Å². The van der Waals surface area contributed by atoms with Crippen LogP contribution in [0.4, 0.5) is 26.0 Å². The fourth-order valence-corrected chi connectivity index (χ4v) is 8.58. The zero-order valence-corrected chi connectivity index (χ0v) is 28.3. The Morgan fingerprint density at radius 3 is 2.83 bits per heavy atom. The van der Waals surface area contributed by atoms with Gasteiger partial charge in [0.15, 0.2) is 0 Å². The maximum atomic E-state index is 15.1. The van der Waals surface area contributed by atoms with Gasteiger partial charge in [0.2, 0.25) is 5.91 Å². The number of carbonyl (C=O) groups excluding carboxylic acids is 1. The molecule has 0 aliphatic carbocycles. The van der Waals surface area contributed by atoms with Gasteiger partial charge in [0.25, 0.3) is 0 Å². The first-order valence-corrected chi connectivity index (χ1v) is 17.4. The number of phenols is 1. The van der Waals surface area contributed by atoms with E-state index in [9.17, 15) is 14.3 Å². The van der Waals surface area contributed by atoms with Gasteiger partial charge in [-0.05, 0) is 73.0 Å². The number of anilines is 3. The van der Waals surface area contributed by atoms with E-state index in [4.69, 9.17) is 14.7 Å². The predicted octanol–water partition coefficient (Wildman–Crippen LogP) is 6.28. The van der Waals surface area contributed by atoms with Gasteiger partial charge in [-0.1, -0.05) is 35.0 Å². The highest BCUT2D eigenvalue weighted by Gasteiger charge is 2.49. The first-order valence-electron chi connectivity index (χ1n) is 16.6. The molecule has 2 atom stereocenters. The number of hydrogen-bond acceptors (Lipinski definition) is 8. The molecule has 1 amide bonds. The lowest BCUT2D eigenvalue weighted by molar-refractivity contribution is -0.114. The monoisotopic (exact) mass is 718 g/mol. The average molecular weight is 720 g/mol. The Kier molecular flexibility index (Phi) is 7.90. The van der Waals surface area contributed by atoms with E-state index in [2.05, 4.69) is 31.0 Å². The van der Waals surface area contributed by atoms with Gasteiger partial charge < -0.3 is 25.0 Å². The minimum Gasteiger partial charge on any atom is -0.508 e. The summed E-state index contributed by atoms with van der Waals surface area (Å²) >= 11 is 3.51. The molecule has 12 heteroatoms. The summed E-state index contributed by atoms with van der Waals surface area (Å²) < 4.78 is 36.9. The van der Waals surface area contributed by atoms with Gasteiger partial charge in [-0.15, -0.1) is 0 Å². The number of hydrogen-bond donors (Lipinski definition) is 2. The van der Waals surface area contributed by atoms with Gasteiger partial charge in [0.05, 0.1) is 24.3 Å². The summed E-state index contributed by atoms with van der Waals surface area (Å²) in [4.78, 5) is 29.4. The van der Waals surface area contributed by atoms with Crippen molar-refractivity contribution in [1.82, 2.24) is 14.9 Å². The highest BCUT2D eigenvalue weighted by Crippen LogP contribution is 2.42. The third-order valence-corrected chi connectivity index (χ3v) is 10.9. The Morgan fingerprint density at radius 2 is 1.98 bits per heavy atom. The van der Waals surface area contributed by atoms with E-state index in [1.54, 1.807) is 18.2 Å². The lowest BCUT2D eigenvalue weighted by Crippen LogP contribution is -2.43. The van der Waals surface area contributed by atoms with Gasteiger partial charge >= 0.3 is 6.01 Å². The largest absolute Gasteiger partial charge is 0.508 e. The number of nitrogens with one attached hydrogen (secondary N) is 1. The second kappa shape index (κ2) is 12.1. The van der Waals surface area contributed by atoms with Gasteiger partial charge in [-0.2, -0.15) is 9.97 Å². The van der Waals surface area contributed by atoms with E-state index in [0.717, 1.165) is 62.8 Å². The summed E-state index contributed by atoms with van der Waals surface area (Å²) in [5, 5.41) is 15.3. The topological polar surface area (TPSA) is 94.1 Å². The van der Waals surface area contributed by atoms with Crippen LogP contribution in [-0.4, -0.2) is 70.4 Å². The lowest BCUT2D eigenvalue weighted by atomic mass is 9.95. The predicted molar refractivity (Wildman–Crippen MR) is 184 cm³/mol. The highest BCUT2D eigenvalue weighted by molar-refractivity contribution is 9.10. The molecule has 1 aromatic heterocycles. The molecule has 0 bridgehead atoms. The number of benzene rings is 3. The Hall–Kier alpha value is -4.03. The number of phenolic OH excluding ortho intramolecular Hbond substituents is 1. The molecular weight excluding hydrogens is 682 g/mol. The van der Waals surface area contributed by atoms with Crippen LogP contribution >= 0.6 is 15.9 Å². The molecule has 9 nitrogen and oxygen atoms in total. The fourth-order valence-electron chi connectivity index (χ4n) is 8.22. The van der Waals surface area contributed by atoms with Crippen LogP contribution in [-0.2, 0) is 30.7 Å². The van der Waals surface area contributed by atoms with Crippen LogP contribution in [0, 0.1) is 5.82 Å². The summed E-state index contributed by atoms with van der Waals surface area (Å²) in [6, 6.07) is 12.6. The standard InChI is InChI=1S/C36H37BrF2N6O3/c1-2-26-28(39)7-5-21-12-25(46)14-31(33(21)26)43-11-8-27-30(18-43)41-35(48-20-36-9-3-10-45(36)17-24(38)15-36)42-34(27)44-16-22-4-6-23(37)13-29(22)40-32(47)19-44/h4-7,12-14,24,46H,2-3,8-11,15-20H2,1H3,(H,40,47)/t24-,36+/m1/s1. The zero-order valence-electron chi connectivity index (χ0n) is 26.7. The molecule has 2 N–H and O–H groups in total. The van der Waals surface area contributed by atoms with Gasteiger partial charge in [0.1, 0.15) is 30.2 Å². The Bertz CT molecular complexity index is 1940. The molecule has 0 spiro atoms. The summed E-state index contributed by atoms with van der Waals surface area (Å²) in [6.45, 7) is 4.97. The first kappa shape index (κ1) is 31.3. The molecule has 0 unspecified atom stereocenters. The molecular formula is C36H37BrF2N6O3. The first-order chi connectivity index (χ1) is 23.2. The summed E-state index contributed by atoms with van der Waals surface area (Å²) in [6.07, 6.45) is 2.47. The van der Waals surface area contributed by atoms with E-state index < -0.39 is 6.17 Å². The molecule has 48 heavy (non-hydrogen) atoms. The number of halogens is 3. The van der Waals surface area contributed by atoms with E-state index >= 15 is 4.39 Å². The third-order valence-electron chi connectivity index (χ3n) is 10.4. The molecule has 3 aromatic carbocycles. The number of rotatable bonds is 6. The fraction of sp³-hybridized carbons (Fsp3) is 0.417. The van der Waals surface area contributed by atoms with Crippen molar-refractivity contribution in [2.75, 3.05) is 47.9 Å². The number of aromatic hydroxyl groups is 1. The number of aromatic nitrogens is 2. The van der Waals surface area contributed by atoms with Crippen molar-refractivity contribution in [2.45, 2.75) is 63.8 Å². The Labute approximate surface area is 286 Å². The smallest absolute Gasteiger partial charge is 0.318 e. The van der Waals surface area contributed by atoms with E-state index in [-0.39, 0.29) is 42.2 Å². The minimum atomic E-state index is -0.881. The zero-order chi connectivity index (χ0) is 33.2. The highest BCUT2D eigenvalue weighted by atomic mass is 79.9. The maximum Gasteiger partial charge on any atom is 0.318 e. The van der Waals surface area contributed by atoms with Crippen molar-refractivity contribution in [3.63, 3.8) is 0 Å². The van der Waals surface area contributed by atoms with E-state index in [0.29, 0.717) is 56.8 Å². The van der Waals surface area contributed by atoms with Crippen LogP contribution in [0.1, 0.15) is 48.6 Å². The van der Waals surface area contributed by atoms with E-state index in [1.165, 1.54) is 6.07 Å². The maximum absolute atomic E-state index is 15.1. The molecule has 2 saturated heterocycles. The van der Waals surface area contributed by atoms with Crippen LogP contribution in [0.25, 0.3) is 10.8 Å². The average Bonchev–Trinajstić information content (AvgIpc) is 3.53.